The van der Waals surface area contributed by atoms with Gasteiger partial charge in [-0.15, -0.1) is 0 Å². The second kappa shape index (κ2) is 4.47. The van der Waals surface area contributed by atoms with Gasteiger partial charge in [0.25, 0.3) is 0 Å². The summed E-state index contributed by atoms with van der Waals surface area (Å²) >= 11 is 0. The molecule has 6 atom stereocenters. The van der Waals surface area contributed by atoms with E-state index in [1.54, 1.807) is 0 Å². The summed E-state index contributed by atoms with van der Waals surface area (Å²) in [5.41, 5.74) is -1.17. The summed E-state index contributed by atoms with van der Waals surface area (Å²) in [5, 5.41) is 11.9. The van der Waals surface area contributed by atoms with Gasteiger partial charge in [-0.05, 0) is 55.8 Å². The molecule has 0 bridgehead atoms. The number of ketones is 2. The molecule has 0 aliphatic heterocycles. The van der Waals surface area contributed by atoms with Crippen LogP contribution in [0.15, 0.2) is 0 Å². The molecule has 0 aromatic carbocycles. The van der Waals surface area contributed by atoms with Crippen molar-refractivity contribution in [3.63, 3.8) is 0 Å². The van der Waals surface area contributed by atoms with E-state index in [-0.39, 0.29) is 22.2 Å². The largest absolute Gasteiger partial charge is 0.389 e. The molecule has 3 heteroatoms. The summed E-state index contributed by atoms with van der Waals surface area (Å²) in [4.78, 5) is 24.5. The van der Waals surface area contributed by atoms with Gasteiger partial charge in [-0.3, -0.25) is 9.59 Å². The Hall–Kier alpha value is -0.700. The quantitative estimate of drug-likeness (QED) is 0.741. The fraction of sp³-hybridized carbons (Fsp3) is 0.900. The van der Waals surface area contributed by atoms with Crippen LogP contribution in [-0.2, 0) is 9.59 Å². The van der Waals surface area contributed by atoms with Gasteiger partial charge >= 0.3 is 0 Å². The lowest BCUT2D eigenvalue weighted by molar-refractivity contribution is -0.253. The summed E-state index contributed by atoms with van der Waals surface area (Å²) in [6, 6.07) is 0. The highest BCUT2D eigenvalue weighted by Gasteiger charge is 2.69. The first kappa shape index (κ1) is 15.8. The fourth-order valence-electron chi connectivity index (χ4n) is 7.15. The van der Waals surface area contributed by atoms with Crippen LogP contribution in [0, 0.1) is 28.1 Å². The molecular weight excluding hydrogens is 288 g/mol. The van der Waals surface area contributed by atoms with Gasteiger partial charge in [0.05, 0.1) is 5.60 Å². The molecule has 3 nitrogen and oxygen atoms in total. The SMILES string of the molecule is C[C@]12CC[C@H]3[C@@H]4CCC(=O)[C@@]4(C)CC[C@]3(O)[C@@]1(C)CCC(=O)C2. The van der Waals surface area contributed by atoms with Gasteiger partial charge < -0.3 is 5.11 Å². The van der Waals surface area contributed by atoms with Crippen molar-refractivity contribution in [1.82, 2.24) is 0 Å². The van der Waals surface area contributed by atoms with E-state index in [0.717, 1.165) is 38.5 Å². The molecule has 4 aliphatic rings. The fourth-order valence-corrected chi connectivity index (χ4v) is 7.15. The molecule has 4 aliphatic carbocycles. The zero-order chi connectivity index (χ0) is 16.7. The first-order chi connectivity index (χ1) is 10.7. The summed E-state index contributed by atoms with van der Waals surface area (Å²) in [6.07, 6.45) is 7.24. The van der Waals surface area contributed by atoms with E-state index in [1.807, 2.05) is 0 Å². The van der Waals surface area contributed by atoms with Gasteiger partial charge in [-0.1, -0.05) is 20.8 Å². The molecule has 4 rings (SSSR count). The van der Waals surface area contributed by atoms with Crippen LogP contribution in [0.3, 0.4) is 0 Å². The predicted octanol–water partition coefficient (Wildman–Crippen LogP) is 3.67. The van der Waals surface area contributed by atoms with Crippen LogP contribution in [0.25, 0.3) is 0 Å². The normalized spacial score (nSPS) is 56.0. The monoisotopic (exact) mass is 318 g/mol. The first-order valence-corrected chi connectivity index (χ1v) is 9.44. The van der Waals surface area contributed by atoms with E-state index in [9.17, 15) is 14.7 Å². The molecule has 128 valence electrons. The lowest BCUT2D eigenvalue weighted by atomic mass is 9.38. The first-order valence-electron chi connectivity index (χ1n) is 9.44. The minimum Gasteiger partial charge on any atom is -0.389 e. The number of hydrogen-bond acceptors (Lipinski definition) is 3. The lowest BCUT2D eigenvalue weighted by Crippen LogP contribution is -2.68. The molecular formula is C20H30O3. The number of aliphatic hydroxyl groups is 1. The van der Waals surface area contributed by atoms with Crippen molar-refractivity contribution in [1.29, 1.82) is 0 Å². The molecule has 0 amide bonds. The van der Waals surface area contributed by atoms with E-state index >= 15 is 0 Å². The maximum Gasteiger partial charge on any atom is 0.139 e. The Morgan fingerprint density at radius 2 is 1.65 bits per heavy atom. The van der Waals surface area contributed by atoms with Crippen molar-refractivity contribution in [2.24, 2.45) is 28.1 Å². The summed E-state index contributed by atoms with van der Waals surface area (Å²) < 4.78 is 0. The van der Waals surface area contributed by atoms with Crippen molar-refractivity contribution in [2.75, 3.05) is 0 Å². The maximum absolute atomic E-state index is 12.5. The van der Waals surface area contributed by atoms with Crippen molar-refractivity contribution in [3.05, 3.63) is 0 Å². The number of carbonyl (C=O) groups excluding carboxylic acids is 2. The third kappa shape index (κ3) is 1.70. The Balaban J connectivity index is 1.77. The van der Waals surface area contributed by atoms with Crippen molar-refractivity contribution in [2.45, 2.75) is 84.2 Å². The van der Waals surface area contributed by atoms with E-state index in [1.165, 1.54) is 0 Å². The number of Topliss-reactive ketones (excluding diaryl/α,β-unsaturated/α-hetero) is 2. The topological polar surface area (TPSA) is 54.4 Å². The minimum atomic E-state index is -0.699. The van der Waals surface area contributed by atoms with Gasteiger partial charge in [0.1, 0.15) is 11.6 Å². The van der Waals surface area contributed by atoms with Crippen molar-refractivity contribution >= 4 is 11.6 Å². The molecule has 23 heavy (non-hydrogen) atoms. The molecule has 0 aromatic rings. The molecule has 0 saturated heterocycles. The third-order valence-corrected chi connectivity index (χ3v) is 9.05. The van der Waals surface area contributed by atoms with Crippen LogP contribution < -0.4 is 0 Å². The third-order valence-electron chi connectivity index (χ3n) is 9.05. The summed E-state index contributed by atoms with van der Waals surface area (Å²) in [5.74, 6) is 1.36. The van der Waals surface area contributed by atoms with E-state index in [2.05, 4.69) is 20.8 Å². The van der Waals surface area contributed by atoms with Crippen molar-refractivity contribution < 1.29 is 14.7 Å². The Labute approximate surface area is 139 Å². The molecule has 4 fully saturated rings. The Kier molecular flexibility index (Phi) is 3.07. The number of rotatable bonds is 0. The van der Waals surface area contributed by atoms with Gasteiger partial charge in [0.2, 0.25) is 0 Å². The molecule has 1 N–H and O–H groups in total. The zero-order valence-electron chi connectivity index (χ0n) is 14.8. The predicted molar refractivity (Wildman–Crippen MR) is 87.8 cm³/mol. The smallest absolute Gasteiger partial charge is 0.139 e. The van der Waals surface area contributed by atoms with E-state index in [4.69, 9.17) is 0 Å². The number of hydrogen-bond donors (Lipinski definition) is 1. The second-order valence-corrected chi connectivity index (χ2v) is 9.66. The Morgan fingerprint density at radius 3 is 2.39 bits per heavy atom. The van der Waals surface area contributed by atoms with Crippen molar-refractivity contribution in [3.8, 4) is 0 Å². The average Bonchev–Trinajstić information content (AvgIpc) is 2.78. The van der Waals surface area contributed by atoms with Crippen LogP contribution in [0.2, 0.25) is 0 Å². The highest BCUT2D eigenvalue weighted by Crippen LogP contribution is 2.70. The van der Waals surface area contributed by atoms with Crippen LogP contribution in [-0.4, -0.2) is 22.3 Å². The van der Waals surface area contributed by atoms with Gasteiger partial charge in [-0.2, -0.15) is 0 Å². The standard InChI is InChI=1S/C20H30O3/c1-17-8-7-15-14-4-5-16(22)18(14,2)10-11-20(15,23)19(17,3)9-6-13(21)12-17/h14-15,23H,4-12H2,1-3H3/t14-,15-,17+,18-,19-,20+/m0/s1. The lowest BCUT2D eigenvalue weighted by Gasteiger charge is -2.67. The van der Waals surface area contributed by atoms with E-state index < -0.39 is 5.60 Å². The molecule has 4 saturated carbocycles. The molecule has 0 radical (unpaired) electrons. The maximum atomic E-state index is 12.5. The van der Waals surface area contributed by atoms with Crippen LogP contribution in [0.5, 0.6) is 0 Å². The molecule has 0 heterocycles. The number of carbonyl (C=O) groups is 2. The number of fused-ring (bicyclic) bond motifs is 5. The second-order valence-electron chi connectivity index (χ2n) is 9.66. The zero-order valence-corrected chi connectivity index (χ0v) is 14.8. The van der Waals surface area contributed by atoms with Gasteiger partial charge in [0, 0.05) is 30.1 Å². The highest BCUT2D eigenvalue weighted by molar-refractivity contribution is 5.87. The summed E-state index contributed by atoms with van der Waals surface area (Å²) in [7, 11) is 0. The van der Waals surface area contributed by atoms with Crippen LogP contribution >= 0.6 is 0 Å². The van der Waals surface area contributed by atoms with Crippen LogP contribution in [0.4, 0.5) is 0 Å². The summed E-state index contributed by atoms with van der Waals surface area (Å²) in [6.45, 7) is 6.62. The average molecular weight is 318 g/mol. The van der Waals surface area contributed by atoms with Gasteiger partial charge in [-0.25, -0.2) is 0 Å². The highest BCUT2D eigenvalue weighted by atomic mass is 16.3. The van der Waals surface area contributed by atoms with Gasteiger partial charge in [0.15, 0.2) is 0 Å². The minimum absolute atomic E-state index is 0.0794. The molecule has 0 spiro atoms. The Bertz CT molecular complexity index is 583. The Morgan fingerprint density at radius 1 is 0.913 bits per heavy atom. The molecule has 0 aromatic heterocycles. The van der Waals surface area contributed by atoms with Crippen LogP contribution in [0.1, 0.15) is 78.6 Å². The molecule has 0 unspecified atom stereocenters. The van der Waals surface area contributed by atoms with E-state index in [0.29, 0.717) is 36.7 Å².